The fraction of sp³-hybridized carbons (Fsp3) is 0.263. The number of hydrogen-bond acceptors (Lipinski definition) is 4. The molecule has 0 unspecified atom stereocenters. The molecule has 0 aliphatic carbocycles. The van der Waals surface area contributed by atoms with Gasteiger partial charge in [0.05, 0.1) is 11.0 Å². The molecule has 0 saturated heterocycles. The summed E-state index contributed by atoms with van der Waals surface area (Å²) in [5.41, 5.74) is 4.78. The first-order chi connectivity index (χ1) is 12.8. The average Bonchev–Trinajstić information content (AvgIpc) is 3.18. The Labute approximate surface area is 149 Å². The van der Waals surface area contributed by atoms with Crippen molar-refractivity contribution in [1.82, 2.24) is 25.0 Å². The maximum atomic E-state index is 12.6. The third kappa shape index (κ3) is 2.52. The highest BCUT2D eigenvalue weighted by Crippen LogP contribution is 2.24. The van der Waals surface area contributed by atoms with Crippen LogP contribution in [0.4, 0.5) is 5.69 Å². The largest absolute Gasteiger partial charge is 0.328 e. The molecule has 2 aromatic carbocycles. The van der Waals surface area contributed by atoms with Gasteiger partial charge < -0.3 is 9.88 Å². The van der Waals surface area contributed by atoms with Crippen LogP contribution in [0.2, 0.25) is 0 Å². The summed E-state index contributed by atoms with van der Waals surface area (Å²) in [6, 6.07) is 11.2. The Balaban J connectivity index is 1.44. The van der Waals surface area contributed by atoms with Crippen molar-refractivity contribution in [2.45, 2.75) is 32.2 Å². The van der Waals surface area contributed by atoms with Gasteiger partial charge in [0.25, 0.3) is 5.91 Å². The number of amides is 1. The quantitative estimate of drug-likeness (QED) is 0.583. The monoisotopic (exact) mass is 346 g/mol. The van der Waals surface area contributed by atoms with Gasteiger partial charge in [-0.25, -0.2) is 4.98 Å². The normalized spacial score (nSPS) is 14.3. The Morgan fingerprint density at radius 2 is 1.92 bits per heavy atom. The van der Waals surface area contributed by atoms with Gasteiger partial charge in [-0.15, -0.1) is 0 Å². The van der Waals surface area contributed by atoms with Crippen LogP contribution < -0.4 is 5.32 Å². The van der Waals surface area contributed by atoms with Crippen LogP contribution in [0.5, 0.6) is 0 Å². The Hall–Kier alpha value is -3.22. The Bertz CT molecular complexity index is 1130. The molecule has 26 heavy (non-hydrogen) atoms. The number of hydrogen-bond donors (Lipinski definition) is 2. The van der Waals surface area contributed by atoms with Crippen molar-refractivity contribution in [2.24, 2.45) is 0 Å². The zero-order chi connectivity index (χ0) is 17.5. The molecule has 1 aliphatic heterocycles. The molecule has 5 rings (SSSR count). The molecule has 7 heteroatoms. The Morgan fingerprint density at radius 3 is 2.88 bits per heavy atom. The van der Waals surface area contributed by atoms with E-state index in [1.54, 1.807) is 18.2 Å². The zero-order valence-electron chi connectivity index (χ0n) is 14.2. The molecule has 0 radical (unpaired) electrons. The molecule has 1 aliphatic rings. The highest BCUT2D eigenvalue weighted by atomic mass is 16.1. The minimum Gasteiger partial charge on any atom is -0.328 e. The predicted molar refractivity (Wildman–Crippen MR) is 99.1 cm³/mol. The molecule has 3 heterocycles. The van der Waals surface area contributed by atoms with Gasteiger partial charge in [0.15, 0.2) is 0 Å². The highest BCUT2D eigenvalue weighted by molar-refractivity contribution is 6.06. The number of rotatable bonds is 2. The minimum absolute atomic E-state index is 0.171. The van der Waals surface area contributed by atoms with E-state index in [-0.39, 0.29) is 5.91 Å². The van der Waals surface area contributed by atoms with Gasteiger partial charge in [0, 0.05) is 24.2 Å². The minimum atomic E-state index is -0.171. The van der Waals surface area contributed by atoms with Crippen molar-refractivity contribution < 1.29 is 4.79 Å². The smallest absolute Gasteiger partial charge is 0.255 e. The number of carbonyl (C=O) groups excluding carboxylic acids is 1. The van der Waals surface area contributed by atoms with Gasteiger partial charge in [-0.3, -0.25) is 4.79 Å². The first-order valence-electron chi connectivity index (χ1n) is 8.89. The second-order valence-corrected chi connectivity index (χ2v) is 6.68. The summed E-state index contributed by atoms with van der Waals surface area (Å²) in [5.74, 6) is 0.979. The molecule has 1 amide bonds. The fourth-order valence-corrected chi connectivity index (χ4v) is 3.61. The summed E-state index contributed by atoms with van der Waals surface area (Å²) < 4.78 is 2.31. The fourth-order valence-electron chi connectivity index (χ4n) is 3.61. The van der Waals surface area contributed by atoms with E-state index in [0.717, 1.165) is 41.0 Å². The molecule has 0 atom stereocenters. The average molecular weight is 346 g/mol. The molecule has 7 nitrogen and oxygen atoms in total. The second-order valence-electron chi connectivity index (χ2n) is 6.68. The van der Waals surface area contributed by atoms with E-state index in [1.165, 1.54) is 19.3 Å². The summed E-state index contributed by atoms with van der Waals surface area (Å²) in [5, 5.41) is 13.5. The number of aromatic amines is 1. The molecule has 0 spiro atoms. The summed E-state index contributed by atoms with van der Waals surface area (Å²) in [6.07, 6.45) is 4.67. The van der Waals surface area contributed by atoms with Crippen LogP contribution in [-0.4, -0.2) is 30.9 Å². The Morgan fingerprint density at radius 1 is 1.00 bits per heavy atom. The predicted octanol–water partition coefficient (Wildman–Crippen LogP) is 3.29. The lowest BCUT2D eigenvalue weighted by molar-refractivity contribution is 0.102. The first kappa shape index (κ1) is 15.1. The molecule has 2 N–H and O–H groups in total. The third-order valence-electron chi connectivity index (χ3n) is 4.95. The maximum Gasteiger partial charge on any atom is 0.255 e. The van der Waals surface area contributed by atoms with Crippen molar-refractivity contribution in [3.63, 3.8) is 0 Å². The highest BCUT2D eigenvalue weighted by Gasteiger charge is 2.15. The summed E-state index contributed by atoms with van der Waals surface area (Å²) in [4.78, 5) is 17.3. The number of nitrogens with one attached hydrogen (secondary N) is 2. The van der Waals surface area contributed by atoms with E-state index in [9.17, 15) is 4.79 Å². The molecule has 0 saturated carbocycles. The van der Waals surface area contributed by atoms with Crippen molar-refractivity contribution in [1.29, 1.82) is 0 Å². The number of anilines is 1. The zero-order valence-corrected chi connectivity index (χ0v) is 14.2. The van der Waals surface area contributed by atoms with Gasteiger partial charge in [-0.2, -0.15) is 15.4 Å². The van der Waals surface area contributed by atoms with Crippen molar-refractivity contribution in [3.8, 4) is 0 Å². The van der Waals surface area contributed by atoms with Crippen LogP contribution in [0, 0.1) is 0 Å². The first-order valence-corrected chi connectivity index (χ1v) is 8.89. The van der Waals surface area contributed by atoms with Crippen LogP contribution in [0.15, 0.2) is 36.4 Å². The number of aromatic nitrogens is 5. The van der Waals surface area contributed by atoms with E-state index in [2.05, 4.69) is 25.3 Å². The van der Waals surface area contributed by atoms with Crippen LogP contribution >= 0.6 is 0 Å². The van der Waals surface area contributed by atoms with Gasteiger partial charge in [0.2, 0.25) is 0 Å². The van der Waals surface area contributed by atoms with Crippen molar-refractivity contribution >= 4 is 33.7 Å². The van der Waals surface area contributed by atoms with Gasteiger partial charge in [-0.1, -0.05) is 6.42 Å². The van der Waals surface area contributed by atoms with E-state index in [0.29, 0.717) is 11.1 Å². The summed E-state index contributed by atoms with van der Waals surface area (Å²) >= 11 is 0. The standard InChI is InChI=1S/C19H18N6O/c26-19(12-5-7-14-15(10-12)23-24-22-14)20-13-6-8-17-16(11-13)21-18-4-2-1-3-9-25(17)18/h5-8,10-11H,1-4,9H2,(H,20,26)(H,22,23,24). The van der Waals surface area contributed by atoms with E-state index in [1.807, 2.05) is 18.2 Å². The lowest BCUT2D eigenvalue weighted by Crippen LogP contribution is -2.11. The summed E-state index contributed by atoms with van der Waals surface area (Å²) in [7, 11) is 0. The topological polar surface area (TPSA) is 88.5 Å². The summed E-state index contributed by atoms with van der Waals surface area (Å²) in [6.45, 7) is 1.02. The SMILES string of the molecule is O=C(Nc1ccc2c(c1)nc1n2CCCCC1)c1ccc2n[nH]nc2c1. The van der Waals surface area contributed by atoms with Gasteiger partial charge >= 0.3 is 0 Å². The van der Waals surface area contributed by atoms with E-state index >= 15 is 0 Å². The molecule has 2 aromatic heterocycles. The van der Waals surface area contributed by atoms with Gasteiger partial charge in [-0.05, 0) is 49.2 Å². The maximum absolute atomic E-state index is 12.6. The number of benzene rings is 2. The van der Waals surface area contributed by atoms with E-state index < -0.39 is 0 Å². The van der Waals surface area contributed by atoms with Crippen LogP contribution in [0.1, 0.15) is 35.4 Å². The van der Waals surface area contributed by atoms with Crippen molar-refractivity contribution in [2.75, 3.05) is 5.32 Å². The van der Waals surface area contributed by atoms with E-state index in [4.69, 9.17) is 4.98 Å². The van der Waals surface area contributed by atoms with Crippen LogP contribution in [0.3, 0.4) is 0 Å². The number of fused-ring (bicyclic) bond motifs is 4. The second kappa shape index (κ2) is 5.94. The molecule has 0 bridgehead atoms. The number of carbonyl (C=O) groups is 1. The third-order valence-corrected chi connectivity index (χ3v) is 4.95. The number of H-pyrrole nitrogens is 1. The molecular formula is C19H18N6O. The molecule has 130 valence electrons. The molecular weight excluding hydrogens is 328 g/mol. The number of nitrogens with zero attached hydrogens (tertiary/aromatic N) is 4. The lowest BCUT2D eigenvalue weighted by atomic mass is 10.2. The van der Waals surface area contributed by atoms with Crippen molar-refractivity contribution in [3.05, 3.63) is 47.8 Å². The molecule has 0 fully saturated rings. The lowest BCUT2D eigenvalue weighted by Gasteiger charge is -2.07. The van der Waals surface area contributed by atoms with Crippen LogP contribution in [0.25, 0.3) is 22.1 Å². The Kier molecular flexibility index (Phi) is 3.44. The van der Waals surface area contributed by atoms with Crippen LogP contribution in [-0.2, 0) is 13.0 Å². The number of aryl methyl sites for hydroxylation is 2. The van der Waals surface area contributed by atoms with Gasteiger partial charge in [0.1, 0.15) is 16.9 Å². The number of imidazole rings is 1. The molecule has 4 aromatic rings.